The van der Waals surface area contributed by atoms with Crippen LogP contribution in [0.2, 0.25) is 0 Å². The van der Waals surface area contributed by atoms with Gasteiger partial charge in [-0.3, -0.25) is 9.59 Å². The van der Waals surface area contributed by atoms with E-state index in [4.69, 9.17) is 4.74 Å². The van der Waals surface area contributed by atoms with E-state index in [1.54, 1.807) is 20.8 Å². The Morgan fingerprint density at radius 1 is 1.06 bits per heavy atom. The van der Waals surface area contributed by atoms with E-state index in [2.05, 4.69) is 0 Å². The van der Waals surface area contributed by atoms with E-state index in [-0.39, 0.29) is 24.6 Å². The number of ether oxygens (including phenoxy) is 1. The minimum Gasteiger partial charge on any atom is -0.460 e. The Bertz CT molecular complexity index is 255. The molecule has 0 saturated heterocycles. The number of aliphatic hydroxyl groups is 1. The summed E-state index contributed by atoms with van der Waals surface area (Å²) >= 11 is 0. The topological polar surface area (TPSA) is 63.6 Å². The minimum absolute atomic E-state index is 0.197. The zero-order chi connectivity index (χ0) is 13.0. The van der Waals surface area contributed by atoms with Crippen molar-refractivity contribution in [3.05, 3.63) is 0 Å². The zero-order valence-corrected chi connectivity index (χ0v) is 10.8. The summed E-state index contributed by atoms with van der Waals surface area (Å²) in [6.45, 7) is 8.29. The van der Waals surface area contributed by atoms with Gasteiger partial charge in [0.1, 0.15) is 11.2 Å². The molecule has 0 spiro atoms. The molecular weight excluding hydrogens is 208 g/mol. The Morgan fingerprint density at radius 2 is 1.56 bits per heavy atom. The molecule has 0 fully saturated rings. The van der Waals surface area contributed by atoms with E-state index in [0.29, 0.717) is 6.42 Å². The smallest absolute Gasteiger partial charge is 0.306 e. The van der Waals surface area contributed by atoms with Gasteiger partial charge in [0.05, 0.1) is 0 Å². The lowest BCUT2D eigenvalue weighted by Crippen LogP contribution is -2.31. The quantitative estimate of drug-likeness (QED) is 0.732. The van der Waals surface area contributed by atoms with Crippen LogP contribution in [0.5, 0.6) is 0 Å². The van der Waals surface area contributed by atoms with Crippen molar-refractivity contribution in [2.45, 2.75) is 65.1 Å². The molecule has 0 bridgehead atoms. The molecular formula is C12H22O4. The van der Waals surface area contributed by atoms with Gasteiger partial charge in [0.15, 0.2) is 5.78 Å². The van der Waals surface area contributed by atoms with Crippen molar-refractivity contribution in [1.82, 2.24) is 0 Å². The van der Waals surface area contributed by atoms with Gasteiger partial charge in [-0.1, -0.05) is 0 Å². The average molecular weight is 230 g/mol. The summed E-state index contributed by atoms with van der Waals surface area (Å²) in [4.78, 5) is 22.6. The number of hydrogen-bond donors (Lipinski definition) is 1. The van der Waals surface area contributed by atoms with Crippen molar-refractivity contribution in [2.75, 3.05) is 0 Å². The first-order valence-corrected chi connectivity index (χ1v) is 5.50. The molecule has 0 radical (unpaired) electrons. The van der Waals surface area contributed by atoms with Crippen LogP contribution >= 0.6 is 0 Å². The van der Waals surface area contributed by atoms with Crippen LogP contribution in [0.1, 0.15) is 53.9 Å². The molecule has 0 aliphatic rings. The molecule has 1 N–H and O–H groups in total. The number of rotatable bonds is 5. The van der Waals surface area contributed by atoms with E-state index in [1.807, 2.05) is 0 Å². The van der Waals surface area contributed by atoms with Gasteiger partial charge in [0.2, 0.25) is 0 Å². The molecule has 0 aromatic carbocycles. The zero-order valence-electron chi connectivity index (χ0n) is 10.8. The first kappa shape index (κ1) is 15.1. The highest BCUT2D eigenvalue weighted by Gasteiger charge is 2.23. The van der Waals surface area contributed by atoms with Gasteiger partial charge in [-0.2, -0.15) is 0 Å². The SMILES string of the molecule is CC(C)(C)OC(=O)CCCC(=O)C(C)(C)O. The summed E-state index contributed by atoms with van der Waals surface area (Å²) in [5.41, 5.74) is -1.80. The summed E-state index contributed by atoms with van der Waals surface area (Å²) in [7, 11) is 0. The molecule has 0 rings (SSSR count). The van der Waals surface area contributed by atoms with Gasteiger partial charge in [-0.05, 0) is 41.0 Å². The van der Waals surface area contributed by atoms with Crippen molar-refractivity contribution < 1.29 is 19.4 Å². The van der Waals surface area contributed by atoms with Crippen LogP contribution in [0.4, 0.5) is 0 Å². The third-order valence-electron chi connectivity index (χ3n) is 1.89. The molecule has 0 saturated carbocycles. The van der Waals surface area contributed by atoms with Gasteiger partial charge in [-0.25, -0.2) is 0 Å². The number of Topliss-reactive ketones (excluding diaryl/α,β-unsaturated/α-hetero) is 1. The maximum Gasteiger partial charge on any atom is 0.306 e. The van der Waals surface area contributed by atoms with E-state index < -0.39 is 11.2 Å². The predicted octanol–water partition coefficient (Wildman–Crippen LogP) is 1.84. The maximum atomic E-state index is 11.3. The van der Waals surface area contributed by atoms with Crippen LogP contribution in [0.25, 0.3) is 0 Å². The molecule has 16 heavy (non-hydrogen) atoms. The van der Waals surface area contributed by atoms with Crippen LogP contribution in [0, 0.1) is 0 Å². The van der Waals surface area contributed by atoms with E-state index in [1.165, 1.54) is 13.8 Å². The Hall–Kier alpha value is -0.900. The summed E-state index contributed by atoms with van der Waals surface area (Å²) in [5, 5.41) is 9.37. The van der Waals surface area contributed by atoms with Crippen LogP contribution in [0.3, 0.4) is 0 Å². The van der Waals surface area contributed by atoms with Gasteiger partial charge in [0.25, 0.3) is 0 Å². The Kier molecular flexibility index (Phi) is 5.13. The normalized spacial score (nSPS) is 12.4. The Morgan fingerprint density at radius 3 is 1.94 bits per heavy atom. The van der Waals surface area contributed by atoms with Gasteiger partial charge in [-0.15, -0.1) is 0 Å². The molecule has 0 aromatic rings. The minimum atomic E-state index is -1.31. The van der Waals surface area contributed by atoms with Gasteiger partial charge in [0, 0.05) is 12.8 Å². The monoisotopic (exact) mass is 230 g/mol. The predicted molar refractivity (Wildman–Crippen MR) is 61.0 cm³/mol. The summed E-state index contributed by atoms with van der Waals surface area (Å²) < 4.78 is 5.09. The largest absolute Gasteiger partial charge is 0.460 e. The van der Waals surface area contributed by atoms with Crippen LogP contribution in [0.15, 0.2) is 0 Å². The second-order valence-electron chi connectivity index (χ2n) is 5.42. The Labute approximate surface area is 97.0 Å². The molecule has 0 heterocycles. The number of ketones is 1. The highest BCUT2D eigenvalue weighted by atomic mass is 16.6. The van der Waals surface area contributed by atoms with Gasteiger partial charge >= 0.3 is 5.97 Å². The molecule has 4 heteroatoms. The number of hydrogen-bond acceptors (Lipinski definition) is 4. The van der Waals surface area contributed by atoms with E-state index in [9.17, 15) is 14.7 Å². The molecule has 0 amide bonds. The second kappa shape index (κ2) is 5.43. The summed E-state index contributed by atoms with van der Waals surface area (Å²) in [5.74, 6) is -0.563. The highest BCUT2D eigenvalue weighted by molar-refractivity contribution is 5.86. The lowest BCUT2D eigenvalue weighted by Gasteiger charge is -2.19. The van der Waals surface area contributed by atoms with E-state index >= 15 is 0 Å². The molecule has 0 atom stereocenters. The van der Waals surface area contributed by atoms with E-state index in [0.717, 1.165) is 0 Å². The van der Waals surface area contributed by atoms with Gasteiger partial charge < -0.3 is 9.84 Å². The van der Waals surface area contributed by atoms with Crippen LogP contribution in [-0.2, 0) is 14.3 Å². The fourth-order valence-corrected chi connectivity index (χ4v) is 1.09. The second-order valence-corrected chi connectivity index (χ2v) is 5.42. The van der Waals surface area contributed by atoms with Crippen molar-refractivity contribution in [3.63, 3.8) is 0 Å². The van der Waals surface area contributed by atoms with Crippen molar-refractivity contribution in [2.24, 2.45) is 0 Å². The lowest BCUT2D eigenvalue weighted by atomic mass is 9.99. The first-order valence-electron chi connectivity index (χ1n) is 5.50. The average Bonchev–Trinajstić information content (AvgIpc) is 1.98. The standard InChI is InChI=1S/C12H22O4/c1-11(2,3)16-10(14)8-6-7-9(13)12(4,5)15/h15H,6-8H2,1-5H3. The molecule has 0 unspecified atom stereocenters. The van der Waals surface area contributed by atoms with Crippen molar-refractivity contribution in [1.29, 1.82) is 0 Å². The lowest BCUT2D eigenvalue weighted by molar-refractivity contribution is -0.155. The Balaban J connectivity index is 3.84. The molecule has 0 aliphatic carbocycles. The summed E-state index contributed by atoms with van der Waals surface area (Å²) in [6.07, 6.45) is 0.819. The third kappa shape index (κ3) is 7.40. The van der Waals surface area contributed by atoms with Crippen molar-refractivity contribution in [3.8, 4) is 0 Å². The fourth-order valence-electron chi connectivity index (χ4n) is 1.09. The third-order valence-corrected chi connectivity index (χ3v) is 1.89. The molecule has 4 nitrogen and oxygen atoms in total. The van der Waals surface area contributed by atoms with Crippen molar-refractivity contribution >= 4 is 11.8 Å². The number of esters is 1. The molecule has 94 valence electrons. The number of carbonyl (C=O) groups excluding carboxylic acids is 2. The molecule has 0 aliphatic heterocycles. The first-order chi connectivity index (χ1) is 7.02. The summed E-state index contributed by atoms with van der Waals surface area (Å²) in [6, 6.07) is 0. The molecule has 0 aromatic heterocycles. The van der Waals surface area contributed by atoms with Crippen LogP contribution < -0.4 is 0 Å². The van der Waals surface area contributed by atoms with Crippen LogP contribution in [-0.4, -0.2) is 28.1 Å². The number of carbonyl (C=O) groups is 2. The maximum absolute atomic E-state index is 11.3. The fraction of sp³-hybridized carbons (Fsp3) is 0.833. The highest BCUT2D eigenvalue weighted by Crippen LogP contribution is 2.12.